The minimum Gasteiger partial charge on any atom is -0.467 e. The maximum absolute atomic E-state index is 13.4. The molecule has 32 heavy (non-hydrogen) atoms. The van der Waals surface area contributed by atoms with Crippen molar-refractivity contribution in [3.63, 3.8) is 0 Å². The molecule has 3 atom stereocenters. The van der Waals surface area contributed by atoms with Gasteiger partial charge in [-0.25, -0.2) is 0 Å². The predicted molar refractivity (Wildman–Crippen MR) is 110 cm³/mol. The van der Waals surface area contributed by atoms with Crippen molar-refractivity contribution < 1.29 is 38.0 Å². The maximum atomic E-state index is 13.4. The highest BCUT2D eigenvalue weighted by Gasteiger charge is 2.61. The molecule has 0 fully saturated rings. The van der Waals surface area contributed by atoms with Crippen LogP contribution in [0.4, 0.5) is 0 Å². The summed E-state index contributed by atoms with van der Waals surface area (Å²) in [4.78, 5) is 26.0. The number of ether oxygens (including phenoxy) is 6. The lowest BCUT2D eigenvalue weighted by atomic mass is 9.76. The average Bonchev–Trinajstić information content (AvgIpc) is 3.37. The van der Waals surface area contributed by atoms with Gasteiger partial charge in [-0.05, 0) is 43.2 Å². The molecule has 0 saturated carbocycles. The minimum absolute atomic E-state index is 0.0173. The number of hydrogen-bond acceptors (Lipinski definition) is 8. The number of carbonyl (C=O) groups excluding carboxylic acids is 2. The standard InChI is InChI=1S/C24H24O8/c1-3-27-20(25)11-16-15-6-5-7-18-21(15)24(32-13-31-18,22(16)23(26)28-4-2)14-8-9-17-19(10-14)30-12-29-17/h5-10,16,22H,3-4,11-13H2,1-2H3/t16-,22+,24+/m1/s1. The first-order chi connectivity index (χ1) is 15.6. The van der Waals surface area contributed by atoms with Gasteiger partial charge in [0.15, 0.2) is 18.3 Å². The molecule has 2 aromatic rings. The van der Waals surface area contributed by atoms with Crippen LogP contribution in [0.2, 0.25) is 0 Å². The highest BCUT2D eigenvalue weighted by atomic mass is 16.7. The van der Waals surface area contributed by atoms with Crippen LogP contribution < -0.4 is 14.2 Å². The van der Waals surface area contributed by atoms with Crippen LogP contribution in [0, 0.1) is 5.92 Å². The van der Waals surface area contributed by atoms with Crippen LogP contribution in [0.1, 0.15) is 42.9 Å². The first-order valence-electron chi connectivity index (χ1n) is 10.7. The van der Waals surface area contributed by atoms with Crippen molar-refractivity contribution in [3.05, 3.63) is 53.1 Å². The lowest BCUT2D eigenvalue weighted by Crippen LogP contribution is -2.45. The zero-order valence-electron chi connectivity index (χ0n) is 17.9. The Bertz CT molecular complexity index is 1060. The number of hydrogen-bond donors (Lipinski definition) is 0. The van der Waals surface area contributed by atoms with Crippen molar-refractivity contribution in [2.75, 3.05) is 26.8 Å². The van der Waals surface area contributed by atoms with E-state index in [0.29, 0.717) is 22.8 Å². The Hall–Kier alpha value is -3.26. The van der Waals surface area contributed by atoms with Gasteiger partial charge in [0.2, 0.25) is 6.79 Å². The van der Waals surface area contributed by atoms with Gasteiger partial charge < -0.3 is 28.4 Å². The van der Waals surface area contributed by atoms with E-state index < -0.39 is 23.4 Å². The van der Waals surface area contributed by atoms with Crippen LogP contribution in [0.5, 0.6) is 17.2 Å². The summed E-state index contributed by atoms with van der Waals surface area (Å²) in [6.45, 7) is 4.05. The van der Waals surface area contributed by atoms with Crippen molar-refractivity contribution in [1.82, 2.24) is 0 Å². The van der Waals surface area contributed by atoms with Gasteiger partial charge in [0, 0.05) is 11.5 Å². The van der Waals surface area contributed by atoms with E-state index in [1.807, 2.05) is 30.3 Å². The Balaban J connectivity index is 1.72. The van der Waals surface area contributed by atoms with E-state index in [1.54, 1.807) is 19.9 Å². The second kappa shape index (κ2) is 8.02. The highest BCUT2D eigenvalue weighted by molar-refractivity contribution is 5.83. The fourth-order valence-electron chi connectivity index (χ4n) is 5.07. The molecule has 0 saturated heterocycles. The third-order valence-electron chi connectivity index (χ3n) is 6.20. The van der Waals surface area contributed by atoms with Crippen molar-refractivity contribution >= 4 is 11.9 Å². The average molecular weight is 440 g/mol. The molecule has 0 aromatic heterocycles. The molecule has 168 valence electrons. The molecule has 0 bridgehead atoms. The first kappa shape index (κ1) is 20.6. The van der Waals surface area contributed by atoms with Gasteiger partial charge in [0.25, 0.3) is 0 Å². The van der Waals surface area contributed by atoms with Gasteiger partial charge in [0.1, 0.15) is 17.3 Å². The van der Waals surface area contributed by atoms with Crippen LogP contribution in [-0.2, 0) is 29.4 Å². The minimum atomic E-state index is -1.20. The van der Waals surface area contributed by atoms with Crippen LogP contribution >= 0.6 is 0 Å². The summed E-state index contributed by atoms with van der Waals surface area (Å²) < 4.78 is 33.9. The summed E-state index contributed by atoms with van der Waals surface area (Å²) in [5, 5.41) is 0. The number of esters is 2. The fourth-order valence-corrected chi connectivity index (χ4v) is 5.07. The third kappa shape index (κ3) is 3.01. The van der Waals surface area contributed by atoms with Crippen molar-refractivity contribution in [1.29, 1.82) is 0 Å². The van der Waals surface area contributed by atoms with Crippen molar-refractivity contribution in [2.45, 2.75) is 31.8 Å². The van der Waals surface area contributed by atoms with Crippen LogP contribution in [0.25, 0.3) is 0 Å². The Labute approximate surface area is 185 Å². The van der Waals surface area contributed by atoms with E-state index in [0.717, 1.165) is 11.1 Å². The predicted octanol–water partition coefficient (Wildman–Crippen LogP) is 3.26. The number of fused-ring (bicyclic) bond motifs is 1. The normalized spacial score (nSPS) is 24.4. The van der Waals surface area contributed by atoms with Crippen molar-refractivity contribution in [2.24, 2.45) is 5.92 Å². The molecule has 0 unspecified atom stereocenters. The van der Waals surface area contributed by atoms with E-state index in [4.69, 9.17) is 28.4 Å². The molecule has 2 aromatic carbocycles. The molecule has 5 rings (SSSR count). The number of carbonyl (C=O) groups is 2. The largest absolute Gasteiger partial charge is 0.467 e. The zero-order chi connectivity index (χ0) is 22.3. The van der Waals surface area contributed by atoms with Gasteiger partial charge in [-0.2, -0.15) is 0 Å². The summed E-state index contributed by atoms with van der Waals surface area (Å²) in [7, 11) is 0. The Morgan fingerprint density at radius 2 is 1.75 bits per heavy atom. The molecular formula is C24H24O8. The van der Waals surface area contributed by atoms with Crippen LogP contribution in [0.15, 0.2) is 36.4 Å². The molecule has 1 aliphatic carbocycles. The fraction of sp³-hybridized carbons (Fsp3) is 0.417. The Morgan fingerprint density at radius 1 is 0.969 bits per heavy atom. The molecular weight excluding hydrogens is 416 g/mol. The van der Waals surface area contributed by atoms with Gasteiger partial charge in [-0.3, -0.25) is 9.59 Å². The summed E-state index contributed by atoms with van der Waals surface area (Å²) in [5.74, 6) is -0.329. The van der Waals surface area contributed by atoms with Gasteiger partial charge in [-0.1, -0.05) is 18.2 Å². The first-order valence-corrected chi connectivity index (χ1v) is 10.7. The lowest BCUT2D eigenvalue weighted by Gasteiger charge is -2.40. The molecule has 2 aliphatic heterocycles. The molecule has 0 amide bonds. The highest BCUT2D eigenvalue weighted by Crippen LogP contribution is 2.61. The zero-order valence-corrected chi connectivity index (χ0v) is 17.9. The molecule has 0 radical (unpaired) electrons. The second-order valence-electron chi connectivity index (χ2n) is 7.78. The van der Waals surface area contributed by atoms with E-state index in [1.165, 1.54) is 0 Å². The summed E-state index contributed by atoms with van der Waals surface area (Å²) in [6.07, 6.45) is 0.0173. The SMILES string of the molecule is CCOC(=O)C[C@@H]1c2cccc3c2[C@](c2ccc4c(c2)OCO4)(OCO3)[C@@H]1C(=O)OCC. The van der Waals surface area contributed by atoms with Gasteiger partial charge in [-0.15, -0.1) is 0 Å². The topological polar surface area (TPSA) is 89.5 Å². The smallest absolute Gasteiger partial charge is 0.313 e. The molecule has 8 nitrogen and oxygen atoms in total. The third-order valence-corrected chi connectivity index (χ3v) is 6.20. The Kier molecular flexibility index (Phi) is 5.17. The van der Waals surface area contributed by atoms with Crippen molar-refractivity contribution in [3.8, 4) is 17.2 Å². The number of benzene rings is 2. The van der Waals surface area contributed by atoms with Gasteiger partial charge >= 0.3 is 11.9 Å². The van der Waals surface area contributed by atoms with Crippen LogP contribution in [0.3, 0.4) is 0 Å². The van der Waals surface area contributed by atoms with Gasteiger partial charge in [0.05, 0.1) is 19.6 Å². The second-order valence-corrected chi connectivity index (χ2v) is 7.78. The number of rotatable bonds is 6. The van der Waals surface area contributed by atoms with E-state index in [9.17, 15) is 9.59 Å². The molecule has 2 heterocycles. The molecule has 3 aliphatic rings. The summed E-state index contributed by atoms with van der Waals surface area (Å²) in [6, 6.07) is 11.1. The van der Waals surface area contributed by atoms with E-state index in [-0.39, 0.29) is 39.2 Å². The van der Waals surface area contributed by atoms with E-state index in [2.05, 4.69) is 0 Å². The quantitative estimate of drug-likeness (QED) is 0.633. The lowest BCUT2D eigenvalue weighted by molar-refractivity contribution is -0.173. The Morgan fingerprint density at radius 3 is 2.56 bits per heavy atom. The summed E-state index contributed by atoms with van der Waals surface area (Å²) in [5.41, 5.74) is 1.06. The molecule has 8 heteroatoms. The summed E-state index contributed by atoms with van der Waals surface area (Å²) >= 11 is 0. The van der Waals surface area contributed by atoms with Crippen LogP contribution in [-0.4, -0.2) is 38.7 Å². The molecule has 0 N–H and O–H groups in total. The molecule has 0 spiro atoms. The van der Waals surface area contributed by atoms with E-state index >= 15 is 0 Å². The monoisotopic (exact) mass is 440 g/mol. The maximum Gasteiger partial charge on any atom is 0.313 e.